The van der Waals surface area contributed by atoms with Gasteiger partial charge in [0.2, 0.25) is 0 Å². The topological polar surface area (TPSA) is 49.7 Å². The Hall–Kier alpha value is -1.20. The second kappa shape index (κ2) is 6.30. The van der Waals surface area contributed by atoms with Gasteiger partial charge in [-0.15, -0.1) is 0 Å². The van der Waals surface area contributed by atoms with Crippen molar-refractivity contribution in [2.45, 2.75) is 6.61 Å². The van der Waals surface area contributed by atoms with E-state index in [1.165, 1.54) is 0 Å². The molecule has 2 rings (SSSR count). The molecule has 98 valence electrons. The Morgan fingerprint density at radius 2 is 1.79 bits per heavy atom. The minimum absolute atomic E-state index is 0.254. The number of hydrogen-bond donors (Lipinski definition) is 2. The number of halogens is 2. The van der Waals surface area contributed by atoms with Crippen LogP contribution in [-0.4, -0.2) is 17.2 Å². The van der Waals surface area contributed by atoms with Gasteiger partial charge in [-0.05, 0) is 23.7 Å². The number of rotatable bonds is 4. The normalized spacial score (nSPS) is 10.3. The molecular formula is C13H11BCl2O3. The highest BCUT2D eigenvalue weighted by molar-refractivity contribution is 6.58. The second-order valence-electron chi connectivity index (χ2n) is 3.95. The molecule has 0 bridgehead atoms. The predicted octanol–water partition coefficient (Wildman–Crippen LogP) is 2.25. The highest BCUT2D eigenvalue weighted by Gasteiger charge is 2.11. The van der Waals surface area contributed by atoms with E-state index in [0.717, 1.165) is 5.56 Å². The van der Waals surface area contributed by atoms with Crippen molar-refractivity contribution in [3.8, 4) is 5.75 Å². The fourth-order valence-electron chi connectivity index (χ4n) is 1.59. The zero-order valence-electron chi connectivity index (χ0n) is 9.88. The Kier molecular flexibility index (Phi) is 4.72. The summed E-state index contributed by atoms with van der Waals surface area (Å²) in [6.45, 7) is 0.254. The molecule has 0 unspecified atom stereocenters. The summed E-state index contributed by atoms with van der Waals surface area (Å²) in [4.78, 5) is 0. The fraction of sp³-hybridized carbons (Fsp3) is 0.0769. The van der Waals surface area contributed by atoms with Gasteiger partial charge in [-0.1, -0.05) is 47.5 Å². The van der Waals surface area contributed by atoms with E-state index in [2.05, 4.69) is 0 Å². The summed E-state index contributed by atoms with van der Waals surface area (Å²) in [5.41, 5.74) is 1.14. The van der Waals surface area contributed by atoms with Crippen LogP contribution >= 0.6 is 23.2 Å². The minimum Gasteiger partial charge on any atom is -0.489 e. The van der Waals surface area contributed by atoms with Crippen molar-refractivity contribution in [1.29, 1.82) is 0 Å². The van der Waals surface area contributed by atoms with Gasteiger partial charge in [0.15, 0.2) is 0 Å². The first-order valence-electron chi connectivity index (χ1n) is 5.59. The molecule has 0 heterocycles. The number of hydrogen-bond acceptors (Lipinski definition) is 3. The molecule has 0 fully saturated rings. The molecule has 3 nitrogen and oxygen atoms in total. The molecule has 0 aliphatic rings. The van der Waals surface area contributed by atoms with Gasteiger partial charge in [-0.25, -0.2) is 0 Å². The van der Waals surface area contributed by atoms with E-state index in [1.807, 2.05) is 6.07 Å². The van der Waals surface area contributed by atoms with Crippen LogP contribution in [-0.2, 0) is 6.61 Å². The summed E-state index contributed by atoms with van der Waals surface area (Å²) >= 11 is 12.0. The van der Waals surface area contributed by atoms with E-state index < -0.39 is 7.12 Å². The van der Waals surface area contributed by atoms with E-state index >= 15 is 0 Å². The molecule has 2 N–H and O–H groups in total. The Morgan fingerprint density at radius 3 is 2.53 bits per heavy atom. The Balaban J connectivity index is 2.10. The molecule has 0 spiro atoms. The molecule has 0 amide bonds. The first-order chi connectivity index (χ1) is 9.08. The van der Waals surface area contributed by atoms with Gasteiger partial charge >= 0.3 is 7.12 Å². The van der Waals surface area contributed by atoms with Crippen LogP contribution in [0.1, 0.15) is 5.56 Å². The van der Waals surface area contributed by atoms with E-state index in [1.54, 1.807) is 36.4 Å². The highest BCUT2D eigenvalue weighted by atomic mass is 35.5. The van der Waals surface area contributed by atoms with Crippen LogP contribution in [0.5, 0.6) is 5.75 Å². The molecule has 0 saturated heterocycles. The Bertz CT molecular complexity index is 576. The van der Waals surface area contributed by atoms with Gasteiger partial charge in [0.05, 0.1) is 10.0 Å². The van der Waals surface area contributed by atoms with Gasteiger partial charge < -0.3 is 14.8 Å². The quantitative estimate of drug-likeness (QED) is 0.851. The molecule has 0 aliphatic carbocycles. The lowest BCUT2D eigenvalue weighted by atomic mass is 9.80. The average molecular weight is 297 g/mol. The van der Waals surface area contributed by atoms with Crippen LogP contribution in [0, 0.1) is 0 Å². The van der Waals surface area contributed by atoms with Gasteiger partial charge in [-0.2, -0.15) is 0 Å². The average Bonchev–Trinajstić information content (AvgIpc) is 2.41. The summed E-state index contributed by atoms with van der Waals surface area (Å²) in [5, 5.41) is 19.1. The van der Waals surface area contributed by atoms with Crippen molar-refractivity contribution in [1.82, 2.24) is 0 Å². The van der Waals surface area contributed by atoms with Crippen molar-refractivity contribution in [3.63, 3.8) is 0 Å². The van der Waals surface area contributed by atoms with Crippen LogP contribution in [0.4, 0.5) is 0 Å². The minimum atomic E-state index is -1.52. The molecule has 0 aromatic heterocycles. The summed E-state index contributed by atoms with van der Waals surface area (Å²) < 4.78 is 5.55. The molecular weight excluding hydrogens is 286 g/mol. The number of ether oxygens (including phenoxy) is 1. The molecule has 0 atom stereocenters. The SMILES string of the molecule is OB(O)c1cccc(OCc2cccc(Cl)c2Cl)c1. The zero-order chi connectivity index (χ0) is 13.8. The standard InChI is InChI=1S/C13H11BCl2O3/c15-12-6-1-3-9(13(12)16)8-19-11-5-2-4-10(7-11)14(17)18/h1-7,17-18H,8H2. The van der Waals surface area contributed by atoms with Gasteiger partial charge in [-0.3, -0.25) is 0 Å². The third-order valence-corrected chi connectivity index (χ3v) is 3.44. The van der Waals surface area contributed by atoms with Crippen molar-refractivity contribution >= 4 is 35.8 Å². The zero-order valence-corrected chi connectivity index (χ0v) is 11.4. The summed E-state index contributed by atoms with van der Waals surface area (Å²) in [6.07, 6.45) is 0. The summed E-state index contributed by atoms with van der Waals surface area (Å²) in [5.74, 6) is 0.529. The van der Waals surface area contributed by atoms with Crippen LogP contribution in [0.25, 0.3) is 0 Å². The summed E-state index contributed by atoms with van der Waals surface area (Å²) in [7, 11) is -1.52. The Labute approximate surface area is 121 Å². The molecule has 0 saturated carbocycles. The third-order valence-electron chi connectivity index (χ3n) is 2.58. The van der Waals surface area contributed by atoms with Crippen molar-refractivity contribution in [2.24, 2.45) is 0 Å². The lowest BCUT2D eigenvalue weighted by molar-refractivity contribution is 0.306. The van der Waals surface area contributed by atoms with Crippen molar-refractivity contribution in [3.05, 3.63) is 58.1 Å². The van der Waals surface area contributed by atoms with Crippen LogP contribution < -0.4 is 10.2 Å². The maximum Gasteiger partial charge on any atom is 0.488 e. The molecule has 2 aromatic carbocycles. The van der Waals surface area contributed by atoms with Crippen LogP contribution in [0.15, 0.2) is 42.5 Å². The Morgan fingerprint density at radius 1 is 1.05 bits per heavy atom. The van der Waals surface area contributed by atoms with Crippen LogP contribution in [0.2, 0.25) is 10.0 Å². The smallest absolute Gasteiger partial charge is 0.488 e. The fourth-order valence-corrected chi connectivity index (χ4v) is 1.96. The number of benzene rings is 2. The predicted molar refractivity (Wildman–Crippen MR) is 77.1 cm³/mol. The van der Waals surface area contributed by atoms with E-state index in [-0.39, 0.29) is 6.61 Å². The van der Waals surface area contributed by atoms with Gasteiger partial charge in [0, 0.05) is 5.56 Å². The maximum atomic E-state index is 9.08. The van der Waals surface area contributed by atoms with E-state index in [0.29, 0.717) is 21.3 Å². The maximum absolute atomic E-state index is 9.08. The highest BCUT2D eigenvalue weighted by Crippen LogP contribution is 2.26. The molecule has 6 heteroatoms. The molecule has 0 aliphatic heterocycles. The van der Waals surface area contributed by atoms with E-state index in [4.69, 9.17) is 38.0 Å². The molecule has 2 aromatic rings. The van der Waals surface area contributed by atoms with Crippen molar-refractivity contribution < 1.29 is 14.8 Å². The largest absolute Gasteiger partial charge is 0.489 e. The monoisotopic (exact) mass is 296 g/mol. The first kappa shape index (κ1) is 14.2. The second-order valence-corrected chi connectivity index (χ2v) is 4.73. The first-order valence-corrected chi connectivity index (χ1v) is 6.35. The van der Waals surface area contributed by atoms with Gasteiger partial charge in [0.1, 0.15) is 12.4 Å². The third kappa shape index (κ3) is 3.64. The van der Waals surface area contributed by atoms with Crippen LogP contribution in [0.3, 0.4) is 0 Å². The van der Waals surface area contributed by atoms with Gasteiger partial charge in [0.25, 0.3) is 0 Å². The molecule has 19 heavy (non-hydrogen) atoms. The lowest BCUT2D eigenvalue weighted by Gasteiger charge is -2.09. The van der Waals surface area contributed by atoms with E-state index in [9.17, 15) is 0 Å². The lowest BCUT2D eigenvalue weighted by Crippen LogP contribution is -2.29. The summed E-state index contributed by atoms with van der Waals surface area (Å²) in [6, 6.07) is 11.9. The molecule has 0 radical (unpaired) electrons. The van der Waals surface area contributed by atoms with Crippen molar-refractivity contribution in [2.75, 3.05) is 0 Å².